The van der Waals surface area contributed by atoms with Gasteiger partial charge in [-0.15, -0.1) is 11.3 Å². The van der Waals surface area contributed by atoms with E-state index in [1.54, 1.807) is 49.8 Å². The number of aryl methyl sites for hydroxylation is 1. The number of rotatable bonds is 6. The molecule has 1 amide bonds. The predicted molar refractivity (Wildman–Crippen MR) is 105 cm³/mol. The van der Waals surface area contributed by atoms with Crippen molar-refractivity contribution in [3.05, 3.63) is 65.1 Å². The lowest BCUT2D eigenvalue weighted by Crippen LogP contribution is -2.22. The molecule has 7 heteroatoms. The Morgan fingerprint density at radius 3 is 2.74 bits per heavy atom. The molecule has 2 aromatic heterocycles. The van der Waals surface area contributed by atoms with E-state index in [1.165, 1.54) is 29.2 Å². The van der Waals surface area contributed by atoms with Crippen molar-refractivity contribution < 1.29 is 18.7 Å². The SMILES string of the molecule is COc1cccc(N(C(C)=O)c2nc(/C=C/C(=O)c3ccc(C)o3)cs2)c1. The number of anilines is 2. The van der Waals surface area contributed by atoms with Gasteiger partial charge in [-0.1, -0.05) is 6.07 Å². The topological polar surface area (TPSA) is 72.6 Å². The zero-order chi connectivity index (χ0) is 19.4. The number of carbonyl (C=O) groups excluding carboxylic acids is 2. The summed E-state index contributed by atoms with van der Waals surface area (Å²) in [7, 11) is 1.57. The second kappa shape index (κ2) is 8.01. The Hall–Kier alpha value is -3.19. The van der Waals surface area contributed by atoms with Crippen molar-refractivity contribution in [2.45, 2.75) is 13.8 Å². The Balaban J connectivity index is 1.82. The van der Waals surface area contributed by atoms with Gasteiger partial charge in [-0.25, -0.2) is 4.98 Å². The third-order valence-corrected chi connectivity index (χ3v) is 4.56. The number of amides is 1. The highest BCUT2D eigenvalue weighted by Gasteiger charge is 2.18. The minimum absolute atomic E-state index is 0.171. The quantitative estimate of drug-likeness (QED) is 0.459. The van der Waals surface area contributed by atoms with Crippen LogP contribution in [0.3, 0.4) is 0 Å². The van der Waals surface area contributed by atoms with Crippen molar-refractivity contribution in [3.8, 4) is 5.75 Å². The van der Waals surface area contributed by atoms with Crippen LogP contribution < -0.4 is 9.64 Å². The van der Waals surface area contributed by atoms with Gasteiger partial charge in [0.1, 0.15) is 11.5 Å². The Kier molecular flexibility index (Phi) is 5.52. The molecule has 0 fully saturated rings. The maximum atomic E-state index is 12.2. The second-order valence-corrected chi connectivity index (χ2v) is 6.56. The van der Waals surface area contributed by atoms with E-state index in [0.29, 0.717) is 28.0 Å². The number of methoxy groups -OCH3 is 1. The largest absolute Gasteiger partial charge is 0.497 e. The molecule has 138 valence electrons. The van der Waals surface area contributed by atoms with E-state index in [-0.39, 0.29) is 17.5 Å². The van der Waals surface area contributed by atoms with Gasteiger partial charge in [-0.3, -0.25) is 14.5 Å². The molecular weight excluding hydrogens is 364 g/mol. The van der Waals surface area contributed by atoms with Gasteiger partial charge in [-0.05, 0) is 43.3 Å². The fraction of sp³-hybridized carbons (Fsp3) is 0.150. The summed E-state index contributed by atoms with van der Waals surface area (Å²) < 4.78 is 10.5. The Morgan fingerprint density at radius 2 is 2.07 bits per heavy atom. The molecule has 0 aliphatic rings. The highest BCUT2D eigenvalue weighted by Crippen LogP contribution is 2.31. The van der Waals surface area contributed by atoms with Crippen LogP contribution in [0.25, 0.3) is 6.08 Å². The van der Waals surface area contributed by atoms with E-state index in [2.05, 4.69) is 4.98 Å². The van der Waals surface area contributed by atoms with E-state index in [0.717, 1.165) is 0 Å². The first kappa shape index (κ1) is 18.6. The summed E-state index contributed by atoms with van der Waals surface area (Å²) in [5, 5.41) is 2.29. The molecule has 0 spiro atoms. The van der Waals surface area contributed by atoms with Crippen LogP contribution in [-0.2, 0) is 4.79 Å². The molecule has 0 unspecified atom stereocenters. The fourth-order valence-electron chi connectivity index (χ4n) is 2.44. The van der Waals surface area contributed by atoms with Crippen LogP contribution in [0.15, 0.2) is 52.3 Å². The number of furan rings is 1. The smallest absolute Gasteiger partial charge is 0.230 e. The first-order chi connectivity index (χ1) is 13.0. The first-order valence-corrected chi connectivity index (χ1v) is 9.05. The summed E-state index contributed by atoms with van der Waals surface area (Å²) >= 11 is 1.31. The van der Waals surface area contributed by atoms with Crippen molar-refractivity contribution in [2.24, 2.45) is 0 Å². The lowest BCUT2D eigenvalue weighted by atomic mass is 10.2. The second-order valence-electron chi connectivity index (χ2n) is 5.72. The molecule has 0 aliphatic heterocycles. The standard InChI is InChI=1S/C20H18N2O4S/c1-13-7-10-19(26-13)18(24)9-8-15-12-27-20(21-15)22(14(2)23)16-5-4-6-17(11-16)25-3/h4-12H,1-3H3/b9-8+. The molecule has 0 saturated carbocycles. The van der Waals surface area contributed by atoms with Gasteiger partial charge < -0.3 is 9.15 Å². The highest BCUT2D eigenvalue weighted by molar-refractivity contribution is 7.14. The zero-order valence-electron chi connectivity index (χ0n) is 15.1. The van der Waals surface area contributed by atoms with E-state index < -0.39 is 0 Å². The Labute approximate surface area is 160 Å². The van der Waals surface area contributed by atoms with Gasteiger partial charge in [0.05, 0.1) is 18.5 Å². The number of ketones is 1. The molecule has 3 rings (SSSR count). The molecule has 6 nitrogen and oxygen atoms in total. The number of aromatic nitrogens is 1. The molecule has 27 heavy (non-hydrogen) atoms. The summed E-state index contributed by atoms with van der Waals surface area (Å²) in [4.78, 5) is 30.2. The number of hydrogen-bond donors (Lipinski definition) is 0. The van der Waals surface area contributed by atoms with Crippen LogP contribution >= 0.6 is 11.3 Å². The zero-order valence-corrected chi connectivity index (χ0v) is 15.9. The monoisotopic (exact) mass is 382 g/mol. The van der Waals surface area contributed by atoms with Gasteiger partial charge >= 0.3 is 0 Å². The maximum absolute atomic E-state index is 12.2. The number of nitrogens with zero attached hydrogens (tertiary/aromatic N) is 2. The fourth-order valence-corrected chi connectivity index (χ4v) is 3.30. The van der Waals surface area contributed by atoms with Gasteiger partial charge in [0.25, 0.3) is 0 Å². The molecule has 0 N–H and O–H groups in total. The Bertz CT molecular complexity index is 1000. The van der Waals surface area contributed by atoms with Crippen LogP contribution in [0.5, 0.6) is 5.75 Å². The summed E-state index contributed by atoms with van der Waals surface area (Å²) in [5.74, 6) is 1.19. The van der Waals surface area contributed by atoms with Gasteiger partial charge in [0.15, 0.2) is 10.9 Å². The number of thiazole rings is 1. The minimum Gasteiger partial charge on any atom is -0.497 e. The van der Waals surface area contributed by atoms with E-state index in [4.69, 9.17) is 9.15 Å². The van der Waals surface area contributed by atoms with Gasteiger partial charge in [0, 0.05) is 18.4 Å². The lowest BCUT2D eigenvalue weighted by molar-refractivity contribution is -0.115. The molecule has 0 saturated heterocycles. The molecule has 0 radical (unpaired) electrons. The summed E-state index contributed by atoms with van der Waals surface area (Å²) in [6, 6.07) is 10.6. The summed E-state index contributed by atoms with van der Waals surface area (Å²) in [6.45, 7) is 3.25. The first-order valence-electron chi connectivity index (χ1n) is 8.17. The van der Waals surface area contributed by atoms with E-state index in [1.807, 2.05) is 12.1 Å². The molecule has 0 bridgehead atoms. The number of hydrogen-bond acceptors (Lipinski definition) is 6. The number of carbonyl (C=O) groups is 2. The number of allylic oxidation sites excluding steroid dienone is 1. The van der Waals surface area contributed by atoms with Crippen LogP contribution in [0.1, 0.15) is 28.9 Å². The third kappa shape index (κ3) is 4.32. The van der Waals surface area contributed by atoms with Crippen LogP contribution in [0.2, 0.25) is 0 Å². The molecule has 0 atom stereocenters. The molecule has 1 aromatic carbocycles. The average Bonchev–Trinajstić information content (AvgIpc) is 3.29. The Morgan fingerprint density at radius 1 is 1.26 bits per heavy atom. The normalized spacial score (nSPS) is 10.9. The lowest BCUT2D eigenvalue weighted by Gasteiger charge is -2.18. The van der Waals surface area contributed by atoms with Crippen molar-refractivity contribution in [2.75, 3.05) is 12.0 Å². The van der Waals surface area contributed by atoms with E-state index >= 15 is 0 Å². The van der Waals surface area contributed by atoms with Crippen molar-refractivity contribution in [3.63, 3.8) is 0 Å². The highest BCUT2D eigenvalue weighted by atomic mass is 32.1. The molecular formula is C20H18N2O4S. The summed E-state index contributed by atoms with van der Waals surface area (Å²) in [6.07, 6.45) is 3.00. The maximum Gasteiger partial charge on any atom is 0.230 e. The van der Waals surface area contributed by atoms with Crippen LogP contribution in [0, 0.1) is 6.92 Å². The van der Waals surface area contributed by atoms with E-state index in [9.17, 15) is 9.59 Å². The van der Waals surface area contributed by atoms with Crippen molar-refractivity contribution in [1.29, 1.82) is 0 Å². The van der Waals surface area contributed by atoms with Gasteiger partial charge in [-0.2, -0.15) is 0 Å². The molecule has 3 aromatic rings. The van der Waals surface area contributed by atoms with Crippen molar-refractivity contribution >= 4 is 39.9 Å². The van der Waals surface area contributed by atoms with Gasteiger partial charge in [0.2, 0.25) is 11.7 Å². The van der Waals surface area contributed by atoms with Crippen molar-refractivity contribution in [1.82, 2.24) is 4.98 Å². The summed E-state index contributed by atoms with van der Waals surface area (Å²) in [5.41, 5.74) is 1.25. The average molecular weight is 382 g/mol. The van der Waals surface area contributed by atoms with Crippen LogP contribution in [0.4, 0.5) is 10.8 Å². The van der Waals surface area contributed by atoms with Crippen LogP contribution in [-0.4, -0.2) is 23.8 Å². The minimum atomic E-state index is -0.242. The molecule has 0 aliphatic carbocycles. The number of ether oxygens (including phenoxy) is 1. The third-order valence-electron chi connectivity index (χ3n) is 3.72. The number of benzene rings is 1. The predicted octanol–water partition coefficient (Wildman–Crippen LogP) is 4.63. The molecule has 2 heterocycles.